The second-order valence-electron chi connectivity index (χ2n) is 9.44. The molecule has 1 aliphatic heterocycles. The Morgan fingerprint density at radius 2 is 1.97 bits per heavy atom. The first kappa shape index (κ1) is 29.8. The maximum Gasteiger partial charge on any atom is 0.459 e. The van der Waals surface area contributed by atoms with Crippen LogP contribution < -0.4 is 26.6 Å². The maximum atomic E-state index is 13.8. The summed E-state index contributed by atoms with van der Waals surface area (Å²) in [5.74, 6) is -0.437. The first-order valence-electron chi connectivity index (χ1n) is 12.3. The van der Waals surface area contributed by atoms with E-state index in [1.165, 1.54) is 20.0 Å². The molecule has 2 heterocycles. The molecule has 1 unspecified atom stereocenters. The van der Waals surface area contributed by atoms with Gasteiger partial charge in [-0.15, -0.1) is 0 Å². The number of nitrogens with two attached hydrogens (primary N) is 1. The largest absolute Gasteiger partial charge is 0.462 e. The Morgan fingerprint density at radius 1 is 1.29 bits per heavy atom. The number of rotatable bonds is 12. The molecule has 0 aliphatic carbocycles. The van der Waals surface area contributed by atoms with Gasteiger partial charge in [0.1, 0.15) is 24.0 Å². The summed E-state index contributed by atoms with van der Waals surface area (Å²) >= 11 is 0. The number of hydrogen-bond donors (Lipinski definition) is 4. The van der Waals surface area contributed by atoms with E-state index in [0.29, 0.717) is 6.42 Å². The molecule has 7 atom stereocenters. The predicted octanol–water partition coefficient (Wildman–Crippen LogP) is 1.43. The number of nitrogens with one attached hydrogen (secondary N) is 2. The number of hydrogen-bond acceptors (Lipinski definition) is 10. The first-order valence-corrected chi connectivity index (χ1v) is 13.8. The van der Waals surface area contributed by atoms with Gasteiger partial charge in [-0.05, 0) is 39.3 Å². The summed E-state index contributed by atoms with van der Waals surface area (Å²) in [6, 6.07) is 8.24. The van der Waals surface area contributed by atoms with Crippen LogP contribution in [-0.2, 0) is 23.4 Å². The SMILES string of the molecule is CCC[C@@H](C)OC(=O)[C@H](C)NP(=O)(OC[C@H]1O[C@@H](n2ccc(=O)[nH]c2=O)[C@](C)(N)[C@@H]1O)Oc1ccccc1. The number of carbonyl (C=O) groups excluding carboxylic acids is 1. The lowest BCUT2D eigenvalue weighted by Gasteiger charge is -2.28. The van der Waals surface area contributed by atoms with E-state index in [1.807, 2.05) is 6.92 Å². The molecule has 1 aromatic heterocycles. The fourth-order valence-electron chi connectivity index (χ4n) is 3.98. The Morgan fingerprint density at radius 3 is 2.61 bits per heavy atom. The van der Waals surface area contributed by atoms with Crippen LogP contribution in [0.1, 0.15) is 46.8 Å². The van der Waals surface area contributed by atoms with Gasteiger partial charge < -0.3 is 24.8 Å². The molecule has 0 amide bonds. The second kappa shape index (κ2) is 12.4. The van der Waals surface area contributed by atoms with Crippen LogP contribution in [0.15, 0.2) is 52.2 Å². The highest BCUT2D eigenvalue weighted by Gasteiger charge is 2.52. The number of aliphatic hydroxyl groups excluding tert-OH is 1. The van der Waals surface area contributed by atoms with Crippen LogP contribution in [0.2, 0.25) is 0 Å². The van der Waals surface area contributed by atoms with Crippen LogP contribution in [0.25, 0.3) is 0 Å². The zero-order valence-corrected chi connectivity index (χ0v) is 22.6. The van der Waals surface area contributed by atoms with E-state index in [4.69, 9.17) is 24.3 Å². The molecule has 0 bridgehead atoms. The highest BCUT2D eigenvalue weighted by atomic mass is 31.2. The maximum absolute atomic E-state index is 13.8. The number of para-hydroxylation sites is 1. The highest BCUT2D eigenvalue weighted by molar-refractivity contribution is 7.52. The predicted molar refractivity (Wildman–Crippen MR) is 138 cm³/mol. The van der Waals surface area contributed by atoms with Gasteiger partial charge in [-0.2, -0.15) is 5.09 Å². The van der Waals surface area contributed by atoms with E-state index in [0.717, 1.165) is 17.1 Å². The van der Waals surface area contributed by atoms with Gasteiger partial charge in [0.15, 0.2) is 6.23 Å². The highest BCUT2D eigenvalue weighted by Crippen LogP contribution is 2.46. The summed E-state index contributed by atoms with van der Waals surface area (Å²) in [5, 5.41) is 13.4. The van der Waals surface area contributed by atoms with Gasteiger partial charge >= 0.3 is 19.4 Å². The average Bonchev–Trinajstić information content (AvgIpc) is 3.07. The number of aromatic nitrogens is 2. The molecular formula is C24H35N4O9P. The molecule has 38 heavy (non-hydrogen) atoms. The van der Waals surface area contributed by atoms with E-state index in [1.54, 1.807) is 37.3 Å². The van der Waals surface area contributed by atoms with E-state index < -0.39 is 61.6 Å². The van der Waals surface area contributed by atoms with Crippen molar-refractivity contribution < 1.29 is 33.0 Å². The van der Waals surface area contributed by atoms with Gasteiger partial charge in [0.25, 0.3) is 5.56 Å². The normalized spacial score (nSPS) is 26.3. The summed E-state index contributed by atoms with van der Waals surface area (Å²) < 4.78 is 37.2. The Kier molecular flexibility index (Phi) is 9.69. The van der Waals surface area contributed by atoms with Gasteiger partial charge in [-0.1, -0.05) is 31.5 Å². The fourth-order valence-corrected chi connectivity index (χ4v) is 5.48. The lowest BCUT2D eigenvalue weighted by atomic mass is 9.93. The van der Waals surface area contributed by atoms with Crippen molar-refractivity contribution in [2.75, 3.05) is 6.61 Å². The van der Waals surface area contributed by atoms with Crippen molar-refractivity contribution in [1.29, 1.82) is 0 Å². The minimum Gasteiger partial charge on any atom is -0.462 e. The third-order valence-electron chi connectivity index (χ3n) is 6.02. The zero-order valence-electron chi connectivity index (χ0n) is 21.7. The monoisotopic (exact) mass is 554 g/mol. The van der Waals surface area contributed by atoms with Gasteiger partial charge in [0, 0.05) is 12.3 Å². The number of aromatic amines is 1. The fraction of sp³-hybridized carbons (Fsp3) is 0.542. The van der Waals surface area contributed by atoms with Crippen molar-refractivity contribution in [2.24, 2.45) is 5.73 Å². The summed E-state index contributed by atoms with van der Waals surface area (Å²) in [5.41, 5.74) is 3.42. The van der Waals surface area contributed by atoms with Crippen molar-refractivity contribution in [3.05, 3.63) is 63.4 Å². The van der Waals surface area contributed by atoms with Gasteiger partial charge in [0.05, 0.1) is 18.2 Å². The molecule has 1 saturated heterocycles. The number of carbonyl (C=O) groups is 1. The minimum absolute atomic E-state index is 0.206. The van der Waals surface area contributed by atoms with Crippen molar-refractivity contribution in [3.63, 3.8) is 0 Å². The molecule has 1 aromatic carbocycles. The molecule has 13 nitrogen and oxygen atoms in total. The summed E-state index contributed by atoms with van der Waals surface area (Å²) in [7, 11) is -4.24. The minimum atomic E-state index is -4.24. The van der Waals surface area contributed by atoms with Crippen LogP contribution in [0.5, 0.6) is 5.75 Å². The van der Waals surface area contributed by atoms with Crippen LogP contribution in [-0.4, -0.2) is 57.1 Å². The summed E-state index contributed by atoms with van der Waals surface area (Å²) in [6.07, 6.45) is -1.32. The lowest BCUT2D eigenvalue weighted by molar-refractivity contribution is -0.150. The number of esters is 1. The van der Waals surface area contributed by atoms with Crippen molar-refractivity contribution >= 4 is 13.7 Å². The molecule has 0 saturated carbocycles. The third-order valence-corrected chi connectivity index (χ3v) is 7.67. The first-order chi connectivity index (χ1) is 17.9. The molecule has 5 N–H and O–H groups in total. The standard InChI is InChI=1S/C24H35N4O9P/c1-5-9-15(2)35-21(31)16(3)27-38(33,37-17-10-7-6-8-11-17)34-14-18-20(30)24(4,25)22(36-18)28-13-12-19(29)26-23(28)32/h6-8,10-13,15-16,18,20,22,30H,5,9,14,25H2,1-4H3,(H,27,33)(H,26,29,32)/t15-,16+,18-,20-,22-,24-,38?/m1/s1. The van der Waals surface area contributed by atoms with Crippen LogP contribution in [0.3, 0.4) is 0 Å². The topological polar surface area (TPSA) is 184 Å². The van der Waals surface area contributed by atoms with Crippen LogP contribution >= 0.6 is 7.75 Å². The Balaban J connectivity index is 1.78. The number of aliphatic hydroxyl groups is 1. The van der Waals surface area contributed by atoms with Crippen molar-refractivity contribution in [1.82, 2.24) is 14.6 Å². The van der Waals surface area contributed by atoms with Crippen molar-refractivity contribution in [3.8, 4) is 5.75 Å². The van der Waals surface area contributed by atoms with Crippen LogP contribution in [0.4, 0.5) is 0 Å². The molecular weight excluding hydrogens is 519 g/mol. The second-order valence-corrected chi connectivity index (χ2v) is 11.1. The number of benzene rings is 1. The number of ether oxygens (including phenoxy) is 2. The molecule has 3 rings (SSSR count). The Labute approximate surface area is 219 Å². The van der Waals surface area contributed by atoms with Gasteiger partial charge in [0.2, 0.25) is 0 Å². The number of nitrogens with zero attached hydrogens (tertiary/aromatic N) is 1. The lowest BCUT2D eigenvalue weighted by Crippen LogP contribution is -2.53. The Hall–Kier alpha value is -2.80. The molecule has 1 aliphatic rings. The Bertz CT molecular complexity index is 1250. The van der Waals surface area contributed by atoms with Gasteiger partial charge in [-0.3, -0.25) is 23.7 Å². The van der Waals surface area contributed by atoms with E-state index in [9.17, 15) is 24.1 Å². The van der Waals surface area contributed by atoms with E-state index in [-0.39, 0.29) is 11.9 Å². The van der Waals surface area contributed by atoms with E-state index in [2.05, 4.69) is 10.1 Å². The summed E-state index contributed by atoms with van der Waals surface area (Å²) in [6.45, 7) is 6.17. The molecule has 210 valence electrons. The third kappa shape index (κ3) is 7.19. The average molecular weight is 555 g/mol. The molecule has 2 aromatic rings. The van der Waals surface area contributed by atoms with Gasteiger partial charge in [-0.25, -0.2) is 9.36 Å². The quantitative estimate of drug-likeness (QED) is 0.220. The number of H-pyrrole nitrogens is 1. The zero-order chi connectivity index (χ0) is 28.1. The van der Waals surface area contributed by atoms with E-state index >= 15 is 0 Å². The van der Waals surface area contributed by atoms with Crippen LogP contribution in [0, 0.1) is 0 Å². The molecule has 14 heteroatoms. The molecule has 1 fully saturated rings. The van der Waals surface area contributed by atoms with Crippen molar-refractivity contribution in [2.45, 2.75) is 76.7 Å². The summed E-state index contributed by atoms with van der Waals surface area (Å²) in [4.78, 5) is 38.4. The smallest absolute Gasteiger partial charge is 0.459 e. The molecule has 0 spiro atoms. The molecule has 0 radical (unpaired) electrons.